The van der Waals surface area contributed by atoms with E-state index in [2.05, 4.69) is 5.16 Å². The standard InChI is InChI=1S/C12H11NO3/c1-7-2-3-10-9(6-7)11-8(4-5-15-10)12(14)16-13-11/h2-3,6,14H,4-5H2,1H3. The van der Waals surface area contributed by atoms with Crippen molar-refractivity contribution in [3.05, 3.63) is 29.3 Å². The van der Waals surface area contributed by atoms with Gasteiger partial charge in [-0.25, -0.2) is 0 Å². The number of aromatic hydroxyl groups is 1. The number of aromatic nitrogens is 1. The first kappa shape index (κ1) is 9.27. The van der Waals surface area contributed by atoms with Crippen LogP contribution in [0.1, 0.15) is 11.1 Å². The van der Waals surface area contributed by atoms with E-state index >= 15 is 0 Å². The highest BCUT2D eigenvalue weighted by atomic mass is 16.5. The lowest BCUT2D eigenvalue weighted by atomic mass is 10.0. The summed E-state index contributed by atoms with van der Waals surface area (Å²) >= 11 is 0. The zero-order chi connectivity index (χ0) is 11.1. The number of hydrogen-bond acceptors (Lipinski definition) is 4. The first-order valence-electron chi connectivity index (χ1n) is 5.17. The zero-order valence-electron chi connectivity index (χ0n) is 8.86. The van der Waals surface area contributed by atoms with E-state index in [0.29, 0.717) is 18.7 Å². The van der Waals surface area contributed by atoms with Crippen LogP contribution in [0, 0.1) is 6.92 Å². The summed E-state index contributed by atoms with van der Waals surface area (Å²) in [5, 5.41) is 13.4. The van der Waals surface area contributed by atoms with Gasteiger partial charge in [-0.15, -0.1) is 0 Å². The first-order chi connectivity index (χ1) is 7.75. The molecule has 0 bridgehead atoms. The van der Waals surface area contributed by atoms with Gasteiger partial charge in [0, 0.05) is 12.0 Å². The van der Waals surface area contributed by atoms with Crippen molar-refractivity contribution in [2.75, 3.05) is 6.61 Å². The van der Waals surface area contributed by atoms with Crippen molar-refractivity contribution < 1.29 is 14.4 Å². The van der Waals surface area contributed by atoms with Crippen molar-refractivity contribution in [1.29, 1.82) is 0 Å². The molecule has 0 unspecified atom stereocenters. The summed E-state index contributed by atoms with van der Waals surface area (Å²) in [7, 11) is 0. The fourth-order valence-corrected chi connectivity index (χ4v) is 1.96. The monoisotopic (exact) mass is 217 g/mol. The van der Waals surface area contributed by atoms with Crippen molar-refractivity contribution in [1.82, 2.24) is 5.16 Å². The van der Waals surface area contributed by atoms with E-state index < -0.39 is 0 Å². The Balaban J connectivity index is 2.28. The lowest BCUT2D eigenvalue weighted by Crippen LogP contribution is -1.98. The van der Waals surface area contributed by atoms with E-state index in [1.54, 1.807) is 0 Å². The number of benzene rings is 1. The molecule has 0 aliphatic carbocycles. The maximum absolute atomic E-state index is 9.53. The maximum atomic E-state index is 9.53. The quantitative estimate of drug-likeness (QED) is 0.735. The lowest BCUT2D eigenvalue weighted by molar-refractivity contribution is 0.269. The van der Waals surface area contributed by atoms with Gasteiger partial charge < -0.3 is 14.4 Å². The predicted molar refractivity (Wildman–Crippen MR) is 57.5 cm³/mol. The Bertz CT molecular complexity index is 545. The van der Waals surface area contributed by atoms with Gasteiger partial charge in [0.1, 0.15) is 11.4 Å². The fraction of sp³-hybridized carbons (Fsp3) is 0.250. The Morgan fingerprint density at radius 1 is 1.38 bits per heavy atom. The SMILES string of the molecule is Cc1ccc2c(c1)-c1noc(O)c1CCO2. The Hall–Kier alpha value is -1.97. The van der Waals surface area contributed by atoms with Crippen molar-refractivity contribution in [2.24, 2.45) is 0 Å². The van der Waals surface area contributed by atoms with Gasteiger partial charge in [-0.1, -0.05) is 16.8 Å². The second-order valence-corrected chi connectivity index (χ2v) is 3.91. The van der Waals surface area contributed by atoms with E-state index in [1.807, 2.05) is 25.1 Å². The maximum Gasteiger partial charge on any atom is 0.312 e. The van der Waals surface area contributed by atoms with Gasteiger partial charge in [0.05, 0.1) is 12.2 Å². The Labute approximate surface area is 92.5 Å². The lowest BCUT2D eigenvalue weighted by Gasteiger charge is -2.06. The minimum Gasteiger partial charge on any atom is -0.493 e. The van der Waals surface area contributed by atoms with Crippen LogP contribution in [-0.2, 0) is 6.42 Å². The molecule has 4 heteroatoms. The molecule has 1 aliphatic heterocycles. The van der Waals surface area contributed by atoms with Gasteiger partial charge in [-0.2, -0.15) is 0 Å². The molecular weight excluding hydrogens is 206 g/mol. The summed E-state index contributed by atoms with van der Waals surface area (Å²) in [6.45, 7) is 2.53. The minimum atomic E-state index is -0.104. The van der Waals surface area contributed by atoms with Gasteiger partial charge in [-0.05, 0) is 19.1 Å². The van der Waals surface area contributed by atoms with Crippen LogP contribution in [0.2, 0.25) is 0 Å². The van der Waals surface area contributed by atoms with Crippen molar-refractivity contribution >= 4 is 0 Å². The summed E-state index contributed by atoms with van der Waals surface area (Å²) in [4.78, 5) is 0. The normalized spacial score (nSPS) is 13.6. The van der Waals surface area contributed by atoms with Gasteiger partial charge in [0.2, 0.25) is 0 Å². The van der Waals surface area contributed by atoms with Crippen LogP contribution in [0.3, 0.4) is 0 Å². The molecule has 1 aliphatic rings. The second-order valence-electron chi connectivity index (χ2n) is 3.91. The van der Waals surface area contributed by atoms with Crippen LogP contribution in [0.25, 0.3) is 11.3 Å². The molecular formula is C12H11NO3. The molecule has 0 radical (unpaired) electrons. The van der Waals surface area contributed by atoms with Crippen LogP contribution in [0.15, 0.2) is 22.7 Å². The summed E-state index contributed by atoms with van der Waals surface area (Å²) in [5.41, 5.74) is 3.42. The number of aryl methyl sites for hydroxylation is 1. The van der Waals surface area contributed by atoms with Crippen LogP contribution < -0.4 is 4.74 Å². The Kier molecular flexibility index (Phi) is 1.89. The molecule has 0 spiro atoms. The molecule has 82 valence electrons. The molecule has 1 aromatic carbocycles. The number of fused-ring (bicyclic) bond motifs is 3. The minimum absolute atomic E-state index is 0.104. The highest BCUT2D eigenvalue weighted by Gasteiger charge is 2.23. The summed E-state index contributed by atoms with van der Waals surface area (Å²) in [6.07, 6.45) is 0.610. The van der Waals surface area contributed by atoms with E-state index in [9.17, 15) is 5.11 Å². The predicted octanol–water partition coefficient (Wildman–Crippen LogP) is 2.29. The molecule has 0 saturated carbocycles. The highest BCUT2D eigenvalue weighted by molar-refractivity contribution is 5.72. The number of ether oxygens (including phenoxy) is 1. The molecule has 1 N–H and O–H groups in total. The zero-order valence-corrected chi connectivity index (χ0v) is 8.86. The molecule has 2 aromatic rings. The Morgan fingerprint density at radius 3 is 3.12 bits per heavy atom. The molecule has 2 heterocycles. The number of hydrogen-bond donors (Lipinski definition) is 1. The third kappa shape index (κ3) is 1.26. The smallest absolute Gasteiger partial charge is 0.312 e. The molecule has 0 amide bonds. The van der Waals surface area contributed by atoms with E-state index in [4.69, 9.17) is 9.26 Å². The van der Waals surface area contributed by atoms with E-state index in [-0.39, 0.29) is 5.95 Å². The van der Waals surface area contributed by atoms with Gasteiger partial charge in [0.25, 0.3) is 0 Å². The van der Waals surface area contributed by atoms with Crippen molar-refractivity contribution in [3.8, 4) is 23.0 Å². The fourth-order valence-electron chi connectivity index (χ4n) is 1.96. The molecule has 4 nitrogen and oxygen atoms in total. The number of rotatable bonds is 0. The average Bonchev–Trinajstić information content (AvgIpc) is 2.54. The third-order valence-electron chi connectivity index (χ3n) is 2.77. The van der Waals surface area contributed by atoms with Gasteiger partial charge in [0.15, 0.2) is 0 Å². The van der Waals surface area contributed by atoms with E-state index in [1.165, 1.54) is 0 Å². The Morgan fingerprint density at radius 2 is 2.25 bits per heavy atom. The van der Waals surface area contributed by atoms with Crippen molar-refractivity contribution in [3.63, 3.8) is 0 Å². The highest BCUT2D eigenvalue weighted by Crippen LogP contribution is 2.38. The molecule has 0 saturated heterocycles. The summed E-state index contributed by atoms with van der Waals surface area (Å²) in [6, 6.07) is 5.90. The van der Waals surface area contributed by atoms with Gasteiger partial charge >= 0.3 is 5.95 Å². The molecule has 1 aromatic heterocycles. The van der Waals surface area contributed by atoms with E-state index in [0.717, 1.165) is 22.4 Å². The molecule has 3 rings (SSSR count). The second kappa shape index (κ2) is 3.27. The average molecular weight is 217 g/mol. The third-order valence-corrected chi connectivity index (χ3v) is 2.77. The summed E-state index contributed by atoms with van der Waals surface area (Å²) in [5.74, 6) is 0.686. The molecule has 0 atom stereocenters. The largest absolute Gasteiger partial charge is 0.493 e. The van der Waals surface area contributed by atoms with Gasteiger partial charge in [-0.3, -0.25) is 0 Å². The molecule has 0 fully saturated rings. The summed E-state index contributed by atoms with van der Waals surface area (Å²) < 4.78 is 10.4. The number of nitrogens with zero attached hydrogens (tertiary/aromatic N) is 1. The van der Waals surface area contributed by atoms with Crippen LogP contribution in [0.5, 0.6) is 11.7 Å². The topological polar surface area (TPSA) is 55.5 Å². The van der Waals surface area contributed by atoms with Crippen molar-refractivity contribution in [2.45, 2.75) is 13.3 Å². The molecule has 16 heavy (non-hydrogen) atoms. The first-order valence-corrected chi connectivity index (χ1v) is 5.17. The van der Waals surface area contributed by atoms with Crippen LogP contribution in [-0.4, -0.2) is 16.9 Å². The van der Waals surface area contributed by atoms with Crippen LogP contribution >= 0.6 is 0 Å². The van der Waals surface area contributed by atoms with Crippen LogP contribution in [0.4, 0.5) is 0 Å².